The third-order valence-electron chi connectivity index (χ3n) is 2.23. The monoisotopic (exact) mass is 225 g/mol. The van der Waals surface area contributed by atoms with Crippen LogP contribution in [0.3, 0.4) is 0 Å². The molecule has 5 heteroatoms. The van der Waals surface area contributed by atoms with Crippen molar-refractivity contribution in [2.24, 2.45) is 7.05 Å². The number of fused-ring (bicyclic) bond motifs is 1. The van der Waals surface area contributed by atoms with Crippen LogP contribution in [0.2, 0.25) is 0 Å². The Morgan fingerprint density at radius 3 is 2.93 bits per heavy atom. The molecule has 2 aromatic rings. The van der Waals surface area contributed by atoms with Crippen LogP contribution >= 0.6 is 11.6 Å². The molecule has 15 heavy (non-hydrogen) atoms. The van der Waals surface area contributed by atoms with Crippen LogP contribution < -0.4 is 5.76 Å². The van der Waals surface area contributed by atoms with Crippen molar-refractivity contribution in [3.63, 3.8) is 0 Å². The first-order chi connectivity index (χ1) is 7.13. The number of hydrogen-bond acceptors (Lipinski definition) is 3. The molecule has 0 N–H and O–H groups in total. The molecule has 0 atom stereocenters. The number of nitrogens with zero attached hydrogens (tertiary/aromatic N) is 1. The number of Topliss-reactive ketones (excluding diaryl/α,β-unsaturated/α-hetero) is 1. The second-order valence-corrected chi connectivity index (χ2v) is 3.43. The third-order valence-corrected chi connectivity index (χ3v) is 2.48. The highest BCUT2D eigenvalue weighted by Crippen LogP contribution is 2.14. The molecule has 0 amide bonds. The van der Waals surface area contributed by atoms with Crippen molar-refractivity contribution in [3.05, 3.63) is 34.3 Å². The lowest BCUT2D eigenvalue weighted by Gasteiger charge is -1.97. The van der Waals surface area contributed by atoms with Crippen molar-refractivity contribution in [3.8, 4) is 0 Å². The molecule has 1 aromatic carbocycles. The van der Waals surface area contributed by atoms with Gasteiger partial charge in [-0.05, 0) is 18.2 Å². The molecule has 4 nitrogen and oxygen atoms in total. The summed E-state index contributed by atoms with van der Waals surface area (Å²) in [5.74, 6) is -0.690. The first-order valence-corrected chi connectivity index (χ1v) is 4.85. The number of carbonyl (C=O) groups excluding carboxylic acids is 1. The Kier molecular flexibility index (Phi) is 2.36. The van der Waals surface area contributed by atoms with Gasteiger partial charge in [-0.3, -0.25) is 9.36 Å². The quantitative estimate of drug-likeness (QED) is 0.576. The zero-order valence-corrected chi connectivity index (χ0v) is 8.75. The van der Waals surface area contributed by atoms with E-state index in [-0.39, 0.29) is 11.7 Å². The number of benzene rings is 1. The maximum absolute atomic E-state index is 11.3. The predicted octanol–water partition coefficient (Wildman–Crippen LogP) is 1.55. The molecule has 1 aromatic heterocycles. The number of ketones is 1. The van der Waals surface area contributed by atoms with E-state index >= 15 is 0 Å². The van der Waals surface area contributed by atoms with E-state index in [1.807, 2.05) is 0 Å². The topological polar surface area (TPSA) is 52.2 Å². The molecule has 2 rings (SSSR count). The summed E-state index contributed by atoms with van der Waals surface area (Å²) in [5.41, 5.74) is 1.54. The van der Waals surface area contributed by atoms with Gasteiger partial charge >= 0.3 is 5.76 Å². The van der Waals surface area contributed by atoms with E-state index < -0.39 is 5.76 Å². The number of aryl methyl sites for hydroxylation is 1. The average molecular weight is 226 g/mol. The Bertz CT molecular complexity index is 582. The molecule has 0 radical (unpaired) electrons. The van der Waals surface area contributed by atoms with Gasteiger partial charge < -0.3 is 4.42 Å². The van der Waals surface area contributed by atoms with Crippen LogP contribution in [0.4, 0.5) is 0 Å². The van der Waals surface area contributed by atoms with Gasteiger partial charge in [-0.2, -0.15) is 0 Å². The van der Waals surface area contributed by atoms with Crippen LogP contribution in [0.5, 0.6) is 0 Å². The van der Waals surface area contributed by atoms with Crippen LogP contribution in [0.1, 0.15) is 10.4 Å². The second-order valence-electron chi connectivity index (χ2n) is 3.17. The standard InChI is InChI=1S/C10H8ClNO3/c1-12-7-4-6(8(13)5-11)2-3-9(7)15-10(12)14/h2-4H,5H2,1H3. The summed E-state index contributed by atoms with van der Waals surface area (Å²) < 4.78 is 6.28. The molecule has 1 heterocycles. The third kappa shape index (κ3) is 1.57. The molecule has 0 saturated heterocycles. The fraction of sp³-hybridized carbons (Fsp3) is 0.200. The largest absolute Gasteiger partial charge is 0.419 e. The van der Waals surface area contributed by atoms with Crippen LogP contribution in [0.15, 0.2) is 27.4 Å². The first-order valence-electron chi connectivity index (χ1n) is 4.32. The van der Waals surface area contributed by atoms with Crippen molar-refractivity contribution in [2.45, 2.75) is 0 Å². The lowest BCUT2D eigenvalue weighted by atomic mass is 10.1. The summed E-state index contributed by atoms with van der Waals surface area (Å²) >= 11 is 5.44. The molecule has 0 unspecified atom stereocenters. The average Bonchev–Trinajstić information content (AvgIpc) is 2.54. The van der Waals surface area contributed by atoms with Crippen LogP contribution in [0.25, 0.3) is 11.1 Å². The maximum Gasteiger partial charge on any atom is 0.419 e. The highest BCUT2D eigenvalue weighted by atomic mass is 35.5. The van der Waals surface area contributed by atoms with Gasteiger partial charge in [0.05, 0.1) is 11.4 Å². The Morgan fingerprint density at radius 2 is 2.27 bits per heavy atom. The van der Waals surface area contributed by atoms with Crippen LogP contribution in [-0.4, -0.2) is 16.2 Å². The van der Waals surface area contributed by atoms with Crippen molar-refractivity contribution < 1.29 is 9.21 Å². The van der Waals surface area contributed by atoms with Gasteiger partial charge in [0, 0.05) is 12.6 Å². The Morgan fingerprint density at radius 1 is 1.53 bits per heavy atom. The Hall–Kier alpha value is -1.55. The summed E-state index contributed by atoms with van der Waals surface area (Å²) in [7, 11) is 1.59. The van der Waals surface area contributed by atoms with Crippen molar-refractivity contribution in [1.29, 1.82) is 0 Å². The highest BCUT2D eigenvalue weighted by molar-refractivity contribution is 6.30. The molecule has 0 aliphatic carbocycles. The van der Waals surface area contributed by atoms with Gasteiger partial charge in [-0.15, -0.1) is 11.6 Å². The molecular weight excluding hydrogens is 218 g/mol. The van der Waals surface area contributed by atoms with Gasteiger partial charge in [0.15, 0.2) is 11.4 Å². The number of alkyl halides is 1. The van der Waals surface area contributed by atoms with Gasteiger partial charge in [0.25, 0.3) is 0 Å². The van der Waals surface area contributed by atoms with Gasteiger partial charge in [-0.1, -0.05) is 0 Å². The summed E-state index contributed by atoms with van der Waals surface area (Å²) in [6.45, 7) is 0. The summed E-state index contributed by atoms with van der Waals surface area (Å²) in [5, 5.41) is 0. The zero-order valence-electron chi connectivity index (χ0n) is 7.99. The second kappa shape index (κ2) is 3.55. The smallest absolute Gasteiger partial charge is 0.408 e. The fourth-order valence-electron chi connectivity index (χ4n) is 1.38. The number of oxazole rings is 1. The summed E-state index contributed by atoms with van der Waals surface area (Å²) in [4.78, 5) is 22.5. The van der Waals surface area contributed by atoms with Gasteiger partial charge in [-0.25, -0.2) is 4.79 Å². The minimum atomic E-state index is -0.444. The lowest BCUT2D eigenvalue weighted by Crippen LogP contribution is -2.08. The predicted molar refractivity (Wildman–Crippen MR) is 56.5 cm³/mol. The number of rotatable bonds is 2. The number of halogens is 1. The molecular formula is C10H8ClNO3. The van der Waals surface area contributed by atoms with Gasteiger partial charge in [0.2, 0.25) is 0 Å². The number of carbonyl (C=O) groups is 1. The molecule has 0 bridgehead atoms. The number of aromatic nitrogens is 1. The summed E-state index contributed by atoms with van der Waals surface area (Å²) in [6.07, 6.45) is 0. The number of hydrogen-bond donors (Lipinski definition) is 0. The zero-order chi connectivity index (χ0) is 11.0. The van der Waals surface area contributed by atoms with Crippen molar-refractivity contribution >= 4 is 28.5 Å². The summed E-state index contributed by atoms with van der Waals surface area (Å²) in [6, 6.07) is 4.79. The Labute approximate surface area is 90.1 Å². The molecule has 0 aliphatic heterocycles. The minimum Gasteiger partial charge on any atom is -0.408 e. The van der Waals surface area contributed by atoms with E-state index in [4.69, 9.17) is 16.0 Å². The minimum absolute atomic E-state index is 0.0721. The van der Waals surface area contributed by atoms with E-state index in [9.17, 15) is 9.59 Å². The molecule has 0 spiro atoms. The van der Waals surface area contributed by atoms with E-state index in [2.05, 4.69) is 0 Å². The van der Waals surface area contributed by atoms with E-state index in [1.165, 1.54) is 4.57 Å². The first kappa shape index (κ1) is 9.98. The molecule has 78 valence electrons. The SMILES string of the molecule is Cn1c(=O)oc2ccc(C(=O)CCl)cc21. The van der Waals surface area contributed by atoms with E-state index in [1.54, 1.807) is 25.2 Å². The van der Waals surface area contributed by atoms with Crippen LogP contribution in [-0.2, 0) is 7.05 Å². The maximum atomic E-state index is 11.3. The van der Waals surface area contributed by atoms with Crippen molar-refractivity contribution in [2.75, 3.05) is 5.88 Å². The van der Waals surface area contributed by atoms with E-state index in [0.717, 1.165) is 0 Å². The highest BCUT2D eigenvalue weighted by Gasteiger charge is 2.09. The molecule has 0 saturated carbocycles. The Balaban J connectivity index is 2.69. The normalized spacial score (nSPS) is 10.8. The molecule has 0 fully saturated rings. The molecule has 0 aliphatic rings. The van der Waals surface area contributed by atoms with Crippen molar-refractivity contribution in [1.82, 2.24) is 4.57 Å². The van der Waals surface area contributed by atoms with Gasteiger partial charge in [0.1, 0.15) is 0 Å². The fourth-order valence-corrected chi connectivity index (χ4v) is 1.53. The lowest BCUT2D eigenvalue weighted by molar-refractivity contribution is 0.102. The van der Waals surface area contributed by atoms with Crippen LogP contribution in [0, 0.1) is 0 Å². The van der Waals surface area contributed by atoms with E-state index in [0.29, 0.717) is 16.7 Å².